The lowest BCUT2D eigenvalue weighted by atomic mass is 9.77. The number of carboxylic acids is 1. The minimum Gasteiger partial charge on any atom is -0.481 e. The molecule has 0 amide bonds. The van der Waals surface area contributed by atoms with Gasteiger partial charge in [-0.05, 0) is 72.5 Å². The number of carbonyl (C=O) groups is 1. The fourth-order valence-corrected chi connectivity index (χ4v) is 3.79. The van der Waals surface area contributed by atoms with E-state index in [4.69, 9.17) is 4.74 Å². The van der Waals surface area contributed by atoms with Crippen molar-refractivity contribution in [3.8, 4) is 22.6 Å². The van der Waals surface area contributed by atoms with Gasteiger partial charge in [-0.15, -0.1) is 0 Å². The van der Waals surface area contributed by atoms with Crippen molar-refractivity contribution in [2.45, 2.75) is 44.5 Å². The Morgan fingerprint density at radius 1 is 0.778 bits per heavy atom. The maximum absolute atomic E-state index is 13.9. The van der Waals surface area contributed by atoms with E-state index in [1.807, 2.05) is 0 Å². The van der Waals surface area contributed by atoms with Crippen LogP contribution in [0.15, 0.2) is 60.7 Å². The molecule has 10 heteroatoms. The van der Waals surface area contributed by atoms with Crippen LogP contribution in [-0.4, -0.2) is 11.1 Å². The van der Waals surface area contributed by atoms with Crippen LogP contribution in [0.3, 0.4) is 0 Å². The quantitative estimate of drug-likeness (QED) is 0.322. The lowest BCUT2D eigenvalue weighted by Gasteiger charge is -2.26. The highest BCUT2D eigenvalue weighted by atomic mass is 19.4. The van der Waals surface area contributed by atoms with Gasteiger partial charge >= 0.3 is 18.3 Å². The molecular formula is C26H21F7O3. The third kappa shape index (κ3) is 5.98. The number of halogens is 7. The summed E-state index contributed by atoms with van der Waals surface area (Å²) in [7, 11) is 0. The number of ether oxygens (including phenoxy) is 1. The van der Waals surface area contributed by atoms with E-state index in [2.05, 4.69) is 0 Å². The van der Waals surface area contributed by atoms with Crippen LogP contribution in [-0.2, 0) is 22.6 Å². The van der Waals surface area contributed by atoms with E-state index in [9.17, 15) is 40.6 Å². The van der Waals surface area contributed by atoms with E-state index in [-0.39, 0.29) is 28.9 Å². The Morgan fingerprint density at radius 3 is 1.86 bits per heavy atom. The highest BCUT2D eigenvalue weighted by Gasteiger charge is 2.36. The lowest BCUT2D eigenvalue weighted by molar-refractivity contribution is -0.143. The Balaban J connectivity index is 2.15. The van der Waals surface area contributed by atoms with E-state index in [1.54, 1.807) is 6.92 Å². The van der Waals surface area contributed by atoms with Crippen LogP contribution < -0.4 is 4.74 Å². The summed E-state index contributed by atoms with van der Waals surface area (Å²) < 4.78 is 97.7. The van der Waals surface area contributed by atoms with Crippen LogP contribution in [0.1, 0.15) is 43.4 Å². The molecule has 0 bridgehead atoms. The summed E-state index contributed by atoms with van der Waals surface area (Å²) in [6.07, 6.45) is -8.74. The van der Waals surface area contributed by atoms with Gasteiger partial charge in [0.05, 0.1) is 16.5 Å². The molecule has 0 spiro atoms. The molecule has 0 radical (unpaired) electrons. The SMILES string of the molecule is CCCC(C)(C(=O)O)c1cc(Oc2cc(F)cc(C(F)(F)F)c2)cc(-c2ccc(C(F)(F)F)cc2)c1. The van der Waals surface area contributed by atoms with Crippen molar-refractivity contribution in [3.05, 3.63) is 83.2 Å². The largest absolute Gasteiger partial charge is 0.481 e. The molecule has 0 saturated carbocycles. The summed E-state index contributed by atoms with van der Waals surface area (Å²) in [6, 6.07) is 9.85. The summed E-state index contributed by atoms with van der Waals surface area (Å²) in [5.74, 6) is -2.96. The minimum absolute atomic E-state index is 0.107. The number of hydrogen-bond acceptors (Lipinski definition) is 2. The van der Waals surface area contributed by atoms with Crippen LogP contribution in [0.5, 0.6) is 11.5 Å². The first kappa shape index (κ1) is 27.0. The van der Waals surface area contributed by atoms with Gasteiger partial charge in [0.2, 0.25) is 0 Å². The first-order valence-electron chi connectivity index (χ1n) is 10.8. The number of aliphatic carboxylic acids is 1. The number of carboxylic acid groups (broad SMARTS) is 1. The molecule has 0 aromatic heterocycles. The van der Waals surface area contributed by atoms with E-state index in [0.29, 0.717) is 18.6 Å². The molecule has 3 aromatic rings. The second kappa shape index (κ2) is 9.83. The average molecular weight is 514 g/mol. The predicted octanol–water partition coefficient (Wildman–Crippen LogP) is 8.47. The van der Waals surface area contributed by atoms with Gasteiger partial charge in [0.25, 0.3) is 0 Å². The van der Waals surface area contributed by atoms with Gasteiger partial charge in [-0.2, -0.15) is 26.3 Å². The van der Waals surface area contributed by atoms with E-state index in [1.165, 1.54) is 37.3 Å². The van der Waals surface area contributed by atoms with E-state index >= 15 is 0 Å². The predicted molar refractivity (Wildman–Crippen MR) is 118 cm³/mol. The Kier molecular flexibility index (Phi) is 7.38. The topological polar surface area (TPSA) is 46.5 Å². The number of alkyl halides is 6. The Morgan fingerprint density at radius 2 is 1.33 bits per heavy atom. The van der Waals surface area contributed by atoms with E-state index in [0.717, 1.165) is 18.2 Å². The normalized spacial score (nSPS) is 13.8. The van der Waals surface area contributed by atoms with Crippen LogP contribution in [0.4, 0.5) is 30.7 Å². The summed E-state index contributed by atoms with van der Waals surface area (Å²) in [4.78, 5) is 12.1. The summed E-state index contributed by atoms with van der Waals surface area (Å²) in [6.45, 7) is 3.22. The van der Waals surface area contributed by atoms with Crippen LogP contribution >= 0.6 is 0 Å². The van der Waals surface area contributed by atoms with Gasteiger partial charge < -0.3 is 9.84 Å². The zero-order valence-electron chi connectivity index (χ0n) is 19.1. The van der Waals surface area contributed by atoms with Crippen LogP contribution in [0, 0.1) is 5.82 Å². The zero-order chi connectivity index (χ0) is 26.9. The fraction of sp³-hybridized carbons (Fsp3) is 0.269. The van der Waals surface area contributed by atoms with Gasteiger partial charge in [-0.1, -0.05) is 25.5 Å². The van der Waals surface area contributed by atoms with Crippen molar-refractivity contribution in [1.29, 1.82) is 0 Å². The average Bonchev–Trinajstić information content (AvgIpc) is 2.77. The molecule has 0 fully saturated rings. The maximum Gasteiger partial charge on any atom is 0.416 e. The second-order valence-corrected chi connectivity index (χ2v) is 8.48. The molecule has 0 saturated heterocycles. The molecule has 3 nitrogen and oxygen atoms in total. The highest BCUT2D eigenvalue weighted by molar-refractivity contribution is 5.82. The first-order chi connectivity index (χ1) is 16.6. The van der Waals surface area contributed by atoms with E-state index < -0.39 is 46.4 Å². The van der Waals surface area contributed by atoms with Crippen LogP contribution in [0.2, 0.25) is 0 Å². The number of benzene rings is 3. The molecule has 36 heavy (non-hydrogen) atoms. The first-order valence-corrected chi connectivity index (χ1v) is 10.8. The second-order valence-electron chi connectivity index (χ2n) is 8.48. The molecule has 3 rings (SSSR count). The van der Waals surface area contributed by atoms with Crippen molar-refractivity contribution in [1.82, 2.24) is 0 Å². The Labute approximate surface area is 202 Å². The van der Waals surface area contributed by atoms with Gasteiger partial charge in [0.15, 0.2) is 0 Å². The van der Waals surface area contributed by atoms with Crippen molar-refractivity contribution >= 4 is 5.97 Å². The molecule has 3 aromatic carbocycles. The molecule has 1 unspecified atom stereocenters. The Bertz CT molecular complexity index is 1250. The van der Waals surface area contributed by atoms with Crippen molar-refractivity contribution in [2.75, 3.05) is 0 Å². The van der Waals surface area contributed by atoms with Crippen molar-refractivity contribution < 1.29 is 45.4 Å². The molecule has 0 aliphatic carbocycles. The van der Waals surface area contributed by atoms with Crippen molar-refractivity contribution in [2.24, 2.45) is 0 Å². The minimum atomic E-state index is -4.84. The molecule has 0 heterocycles. The number of hydrogen-bond donors (Lipinski definition) is 1. The maximum atomic E-state index is 13.9. The van der Waals surface area contributed by atoms with Crippen LogP contribution in [0.25, 0.3) is 11.1 Å². The molecule has 0 aliphatic rings. The molecule has 192 valence electrons. The molecule has 1 N–H and O–H groups in total. The third-order valence-corrected chi connectivity index (χ3v) is 5.75. The van der Waals surface area contributed by atoms with Crippen molar-refractivity contribution in [3.63, 3.8) is 0 Å². The zero-order valence-corrected chi connectivity index (χ0v) is 19.1. The third-order valence-electron chi connectivity index (χ3n) is 5.75. The molecular weight excluding hydrogens is 493 g/mol. The standard InChI is InChI=1S/C26H21F7O3/c1-3-8-24(2,23(34)35)18-9-16(15-4-6-17(7-5-15)25(28,29)30)10-21(12-18)36-22-13-19(26(31,32)33)11-20(27)14-22/h4-7,9-14H,3,8H2,1-2H3,(H,34,35). The van der Waals surface area contributed by atoms with Gasteiger partial charge in [-0.3, -0.25) is 4.79 Å². The van der Waals surface area contributed by atoms with Gasteiger partial charge in [0.1, 0.15) is 17.3 Å². The molecule has 1 atom stereocenters. The molecule has 0 aliphatic heterocycles. The highest BCUT2D eigenvalue weighted by Crippen LogP contribution is 2.39. The number of rotatable bonds is 7. The summed E-state index contributed by atoms with van der Waals surface area (Å²) in [5.41, 5.74) is -2.83. The lowest BCUT2D eigenvalue weighted by Crippen LogP contribution is -2.32. The van der Waals surface area contributed by atoms with Gasteiger partial charge in [-0.25, -0.2) is 4.39 Å². The fourth-order valence-electron chi connectivity index (χ4n) is 3.79. The van der Waals surface area contributed by atoms with Gasteiger partial charge in [0, 0.05) is 6.07 Å². The monoisotopic (exact) mass is 514 g/mol. The summed E-state index contributed by atoms with van der Waals surface area (Å²) in [5, 5.41) is 9.91. The Hall–Kier alpha value is -3.56. The smallest absolute Gasteiger partial charge is 0.416 e. The summed E-state index contributed by atoms with van der Waals surface area (Å²) >= 11 is 0.